The molecule has 4 rings (SSSR count). The van der Waals surface area contributed by atoms with E-state index in [1.165, 1.54) is 11.3 Å². The van der Waals surface area contributed by atoms with E-state index in [9.17, 15) is 9.59 Å². The number of benzene rings is 1. The number of fused-ring (bicyclic) bond motifs is 2. The van der Waals surface area contributed by atoms with Crippen molar-refractivity contribution in [3.05, 3.63) is 57.1 Å². The largest absolute Gasteiger partial charge is 0.334 e. The summed E-state index contributed by atoms with van der Waals surface area (Å²) in [7, 11) is 0. The molecule has 1 unspecified atom stereocenters. The van der Waals surface area contributed by atoms with Gasteiger partial charge in [-0.1, -0.05) is 42.5 Å². The number of thiophene rings is 1. The summed E-state index contributed by atoms with van der Waals surface area (Å²) in [5.41, 5.74) is 3.02. The van der Waals surface area contributed by atoms with Crippen LogP contribution < -0.4 is 16.2 Å². The Morgan fingerprint density at radius 3 is 2.86 bits per heavy atom. The number of urea groups is 1. The third-order valence-corrected chi connectivity index (χ3v) is 6.86. The van der Waals surface area contributed by atoms with Crippen LogP contribution in [0.15, 0.2) is 29.1 Å². The van der Waals surface area contributed by atoms with Crippen LogP contribution in [-0.4, -0.2) is 15.6 Å². The second-order valence-corrected chi connectivity index (χ2v) is 8.89. The smallest absolute Gasteiger partial charge is 0.320 e. The van der Waals surface area contributed by atoms with Crippen LogP contribution in [0.25, 0.3) is 10.2 Å². The molecule has 0 aliphatic carbocycles. The first kappa shape index (κ1) is 19.6. The predicted octanol–water partition coefficient (Wildman–Crippen LogP) is 4.37. The zero-order chi connectivity index (χ0) is 20.5. The van der Waals surface area contributed by atoms with Gasteiger partial charge in [0.25, 0.3) is 5.56 Å². The molecule has 2 amide bonds. The van der Waals surface area contributed by atoms with Gasteiger partial charge in [-0.25, -0.2) is 9.78 Å². The summed E-state index contributed by atoms with van der Waals surface area (Å²) in [5, 5.41) is 7.11. The number of nitrogens with one attached hydrogen (secondary N) is 2. The molecule has 1 aromatic carbocycles. The molecule has 0 bridgehead atoms. The topological polar surface area (TPSA) is 76.0 Å². The van der Waals surface area contributed by atoms with Gasteiger partial charge >= 0.3 is 6.03 Å². The van der Waals surface area contributed by atoms with Gasteiger partial charge in [-0.2, -0.15) is 0 Å². The van der Waals surface area contributed by atoms with E-state index in [2.05, 4.69) is 17.6 Å². The summed E-state index contributed by atoms with van der Waals surface area (Å²) < 4.78 is 1.83. The van der Waals surface area contributed by atoms with Crippen LogP contribution in [-0.2, 0) is 19.5 Å². The van der Waals surface area contributed by atoms with Crippen molar-refractivity contribution in [1.82, 2.24) is 14.9 Å². The third kappa shape index (κ3) is 3.92. The molecule has 1 aliphatic heterocycles. The second-order valence-electron chi connectivity index (χ2n) is 7.89. The van der Waals surface area contributed by atoms with E-state index in [4.69, 9.17) is 4.98 Å². The molecule has 0 fully saturated rings. The van der Waals surface area contributed by atoms with Crippen LogP contribution in [0.1, 0.15) is 42.3 Å². The molecular weight excluding hydrogens is 384 g/mol. The van der Waals surface area contributed by atoms with E-state index in [1.807, 2.05) is 42.7 Å². The normalized spacial score (nSPS) is 16.3. The molecular formula is C22H26N4O2S. The van der Waals surface area contributed by atoms with Gasteiger partial charge in [-0.3, -0.25) is 14.7 Å². The van der Waals surface area contributed by atoms with Crippen molar-refractivity contribution >= 4 is 32.6 Å². The predicted molar refractivity (Wildman–Crippen MR) is 118 cm³/mol. The Hall–Kier alpha value is -2.67. The van der Waals surface area contributed by atoms with E-state index in [1.54, 1.807) is 0 Å². The average molecular weight is 411 g/mol. The third-order valence-electron chi connectivity index (χ3n) is 5.76. The minimum absolute atomic E-state index is 0.0150. The van der Waals surface area contributed by atoms with Gasteiger partial charge < -0.3 is 5.32 Å². The van der Waals surface area contributed by atoms with Gasteiger partial charge in [-0.05, 0) is 49.3 Å². The van der Waals surface area contributed by atoms with Crippen molar-refractivity contribution in [3.63, 3.8) is 0 Å². The lowest BCUT2D eigenvalue weighted by molar-refractivity contribution is 0.252. The fraction of sp³-hybridized carbons (Fsp3) is 0.409. The van der Waals surface area contributed by atoms with Gasteiger partial charge in [0, 0.05) is 19.5 Å². The van der Waals surface area contributed by atoms with Gasteiger partial charge in [0.2, 0.25) is 0 Å². The second kappa shape index (κ2) is 7.99. The lowest BCUT2D eigenvalue weighted by Crippen LogP contribution is -2.28. The van der Waals surface area contributed by atoms with Crippen molar-refractivity contribution in [1.29, 1.82) is 0 Å². The summed E-state index contributed by atoms with van der Waals surface area (Å²) in [6, 6.07) is 7.68. The molecule has 6 nitrogen and oxygen atoms in total. The molecule has 1 atom stereocenters. The molecule has 1 aliphatic rings. The number of nitrogens with zero attached hydrogens (tertiary/aromatic N) is 2. The van der Waals surface area contributed by atoms with Gasteiger partial charge in [0.15, 0.2) is 0 Å². The minimum atomic E-state index is -0.279. The zero-order valence-corrected chi connectivity index (χ0v) is 17.9. The Kier molecular flexibility index (Phi) is 5.41. The van der Waals surface area contributed by atoms with Crippen LogP contribution in [0.2, 0.25) is 0 Å². The Balaban J connectivity index is 1.56. The summed E-state index contributed by atoms with van der Waals surface area (Å²) in [6.07, 6.45) is 2.87. The molecule has 0 saturated heterocycles. The molecule has 2 N–H and O–H groups in total. The van der Waals surface area contributed by atoms with Crippen LogP contribution >= 0.6 is 11.3 Å². The van der Waals surface area contributed by atoms with E-state index in [0.717, 1.165) is 41.8 Å². The highest BCUT2D eigenvalue weighted by atomic mass is 32.1. The lowest BCUT2D eigenvalue weighted by atomic mass is 10.0. The monoisotopic (exact) mass is 410 g/mol. The molecule has 0 radical (unpaired) electrons. The summed E-state index contributed by atoms with van der Waals surface area (Å²) in [4.78, 5) is 31.0. The SMILES string of the molecule is Cc1ccccc1CNC(=O)Nc1sc2nc3n(c(=O)c2c1C)CCC(C)CC3. The summed E-state index contributed by atoms with van der Waals surface area (Å²) in [6.45, 7) is 7.30. The maximum Gasteiger partial charge on any atom is 0.320 e. The highest BCUT2D eigenvalue weighted by Gasteiger charge is 2.21. The number of hydrogen-bond acceptors (Lipinski definition) is 4. The first-order valence-electron chi connectivity index (χ1n) is 10.1. The highest BCUT2D eigenvalue weighted by Crippen LogP contribution is 2.33. The molecule has 7 heteroatoms. The number of aromatic nitrogens is 2. The quantitative estimate of drug-likeness (QED) is 0.673. The standard InChI is InChI=1S/C22H26N4O2S/c1-13-8-9-17-24-20-18(21(27)26(17)11-10-13)15(3)19(29-20)25-22(28)23-12-16-7-5-4-6-14(16)2/h4-7,13H,8-12H2,1-3H3,(H2,23,25,28). The van der Waals surface area contributed by atoms with E-state index < -0.39 is 0 Å². The first-order chi connectivity index (χ1) is 13.9. The number of anilines is 1. The number of amides is 2. The number of carbonyl (C=O) groups excluding carboxylic acids is 1. The number of hydrogen-bond donors (Lipinski definition) is 2. The minimum Gasteiger partial charge on any atom is -0.334 e. The van der Waals surface area contributed by atoms with Crippen LogP contribution in [0.5, 0.6) is 0 Å². The van der Waals surface area contributed by atoms with E-state index >= 15 is 0 Å². The fourth-order valence-electron chi connectivity index (χ4n) is 3.80. The van der Waals surface area contributed by atoms with Gasteiger partial charge in [0.1, 0.15) is 15.7 Å². The van der Waals surface area contributed by atoms with Crippen LogP contribution in [0.4, 0.5) is 9.80 Å². The van der Waals surface area contributed by atoms with Crippen LogP contribution in [0.3, 0.4) is 0 Å². The fourth-order valence-corrected chi connectivity index (χ4v) is 4.89. The molecule has 3 heterocycles. The highest BCUT2D eigenvalue weighted by molar-refractivity contribution is 7.22. The number of aryl methyl sites for hydroxylation is 3. The average Bonchev–Trinajstić information content (AvgIpc) is 2.87. The summed E-state index contributed by atoms with van der Waals surface area (Å²) in [5.74, 6) is 1.47. The maximum absolute atomic E-state index is 13.1. The van der Waals surface area contributed by atoms with Crippen molar-refractivity contribution in [2.45, 2.75) is 53.1 Å². The van der Waals surface area contributed by atoms with Gasteiger partial charge in [-0.15, -0.1) is 0 Å². The Morgan fingerprint density at radius 2 is 2.07 bits per heavy atom. The molecule has 0 saturated carbocycles. The zero-order valence-electron chi connectivity index (χ0n) is 17.0. The number of rotatable bonds is 3. The Bertz CT molecular complexity index is 1130. The Morgan fingerprint density at radius 1 is 1.28 bits per heavy atom. The van der Waals surface area contributed by atoms with Crippen molar-refractivity contribution in [2.24, 2.45) is 5.92 Å². The van der Waals surface area contributed by atoms with Gasteiger partial charge in [0.05, 0.1) is 5.39 Å². The van der Waals surface area contributed by atoms with E-state index in [0.29, 0.717) is 34.2 Å². The van der Waals surface area contributed by atoms with Crippen LogP contribution in [0, 0.1) is 19.8 Å². The lowest BCUT2D eigenvalue weighted by Gasteiger charge is -2.09. The summed E-state index contributed by atoms with van der Waals surface area (Å²) >= 11 is 1.38. The number of carbonyl (C=O) groups is 1. The van der Waals surface area contributed by atoms with Crippen molar-refractivity contribution < 1.29 is 4.79 Å². The van der Waals surface area contributed by atoms with E-state index in [-0.39, 0.29) is 11.6 Å². The molecule has 0 spiro atoms. The molecule has 3 aromatic rings. The molecule has 2 aromatic heterocycles. The molecule has 152 valence electrons. The molecule has 29 heavy (non-hydrogen) atoms. The van der Waals surface area contributed by atoms with Crippen molar-refractivity contribution in [2.75, 3.05) is 5.32 Å². The first-order valence-corrected chi connectivity index (χ1v) is 10.9. The maximum atomic E-state index is 13.1. The van der Waals surface area contributed by atoms with Crippen molar-refractivity contribution in [3.8, 4) is 0 Å². The Labute approximate surface area is 174 Å².